The van der Waals surface area contributed by atoms with Crippen LogP contribution in [0.4, 0.5) is 0 Å². The highest BCUT2D eigenvalue weighted by atomic mass is 35.5. The second kappa shape index (κ2) is 8.26. The van der Waals surface area contributed by atoms with Crippen LogP contribution in [0.3, 0.4) is 0 Å². The van der Waals surface area contributed by atoms with Crippen molar-refractivity contribution in [1.29, 1.82) is 0 Å². The summed E-state index contributed by atoms with van der Waals surface area (Å²) in [7, 11) is 0. The van der Waals surface area contributed by atoms with Crippen molar-refractivity contribution in [3.8, 4) is 0 Å². The number of unbranched alkanes of at least 4 members (excludes halogenated alkanes) is 2. The van der Waals surface area contributed by atoms with Gasteiger partial charge in [0.25, 0.3) is 5.91 Å². The highest BCUT2D eigenvalue weighted by molar-refractivity contribution is 6.42. The Hall–Kier alpha value is -2.01. The molecule has 4 nitrogen and oxygen atoms in total. The van der Waals surface area contributed by atoms with Gasteiger partial charge in [-0.2, -0.15) is 0 Å². The summed E-state index contributed by atoms with van der Waals surface area (Å²) in [6.45, 7) is 4.44. The van der Waals surface area contributed by atoms with Crippen molar-refractivity contribution in [1.82, 2.24) is 4.90 Å². The minimum atomic E-state index is -0.583. The molecule has 0 saturated heterocycles. The first-order valence-electron chi connectivity index (χ1n) is 9.86. The molecule has 1 aliphatic rings. The third-order valence-electron chi connectivity index (χ3n) is 5.51. The lowest BCUT2D eigenvalue weighted by molar-refractivity contribution is 0.0724. The van der Waals surface area contributed by atoms with Gasteiger partial charge in [-0.3, -0.25) is 9.59 Å². The minimum absolute atomic E-state index is 0.0850. The fourth-order valence-corrected chi connectivity index (χ4v) is 4.40. The molecule has 1 unspecified atom stereocenters. The van der Waals surface area contributed by atoms with Gasteiger partial charge in [0.2, 0.25) is 5.76 Å². The molecule has 1 atom stereocenters. The van der Waals surface area contributed by atoms with Crippen LogP contribution in [0.5, 0.6) is 0 Å². The predicted octanol–water partition coefficient (Wildman–Crippen LogP) is 6.80. The third-order valence-corrected chi connectivity index (χ3v) is 6.66. The number of carbonyl (C=O) groups is 1. The Morgan fingerprint density at radius 3 is 2.47 bits per heavy atom. The van der Waals surface area contributed by atoms with Gasteiger partial charge in [-0.25, -0.2) is 0 Å². The van der Waals surface area contributed by atoms with Crippen LogP contribution < -0.4 is 5.43 Å². The average molecular weight is 465 g/mol. The molecule has 0 N–H and O–H groups in total. The lowest BCUT2D eigenvalue weighted by Gasteiger charge is -2.25. The molecule has 1 aromatic heterocycles. The summed E-state index contributed by atoms with van der Waals surface area (Å²) < 4.78 is 5.97. The van der Waals surface area contributed by atoms with Gasteiger partial charge < -0.3 is 9.32 Å². The molecule has 0 saturated carbocycles. The number of halogens is 3. The molecule has 0 aliphatic carbocycles. The van der Waals surface area contributed by atoms with E-state index in [1.165, 1.54) is 0 Å². The topological polar surface area (TPSA) is 50.5 Å². The molecule has 1 aliphatic heterocycles. The maximum absolute atomic E-state index is 13.5. The van der Waals surface area contributed by atoms with Crippen LogP contribution >= 0.6 is 34.8 Å². The minimum Gasteiger partial charge on any atom is -0.450 e. The first-order valence-corrected chi connectivity index (χ1v) is 11.0. The van der Waals surface area contributed by atoms with Crippen molar-refractivity contribution in [2.75, 3.05) is 6.54 Å². The van der Waals surface area contributed by atoms with Crippen molar-refractivity contribution < 1.29 is 9.21 Å². The van der Waals surface area contributed by atoms with Gasteiger partial charge in [0, 0.05) is 11.6 Å². The number of nitrogens with zero attached hydrogens (tertiary/aromatic N) is 1. The van der Waals surface area contributed by atoms with Crippen molar-refractivity contribution in [3.05, 3.63) is 78.1 Å². The number of fused-ring (bicyclic) bond motifs is 2. The summed E-state index contributed by atoms with van der Waals surface area (Å²) in [5.41, 5.74) is 1.92. The zero-order valence-corrected chi connectivity index (χ0v) is 18.9. The number of benzene rings is 2. The zero-order chi connectivity index (χ0) is 21.6. The van der Waals surface area contributed by atoms with E-state index in [4.69, 9.17) is 39.2 Å². The van der Waals surface area contributed by atoms with E-state index in [0.29, 0.717) is 38.1 Å². The van der Waals surface area contributed by atoms with Gasteiger partial charge in [-0.1, -0.05) is 60.6 Å². The maximum atomic E-state index is 13.5. The van der Waals surface area contributed by atoms with Crippen molar-refractivity contribution in [2.24, 2.45) is 0 Å². The molecule has 0 spiro atoms. The van der Waals surface area contributed by atoms with Gasteiger partial charge in [-0.15, -0.1) is 0 Å². The van der Waals surface area contributed by atoms with Crippen LogP contribution in [0.15, 0.2) is 39.5 Å². The van der Waals surface area contributed by atoms with E-state index < -0.39 is 6.04 Å². The number of aryl methyl sites for hydroxylation is 1. The number of amides is 1. The number of rotatable bonds is 5. The molecule has 30 heavy (non-hydrogen) atoms. The van der Waals surface area contributed by atoms with Crippen LogP contribution in [0.25, 0.3) is 11.0 Å². The van der Waals surface area contributed by atoms with Gasteiger partial charge >= 0.3 is 0 Å². The zero-order valence-electron chi connectivity index (χ0n) is 16.6. The summed E-state index contributed by atoms with van der Waals surface area (Å²) >= 11 is 18.6. The standard InChI is InChI=1S/C23H20Cl3NO3/c1-3-4-5-8-27-20(13-6-7-15(24)17(26)10-13)19-21(28)14-11-16(25)12(2)9-18(14)30-22(19)23(27)29/h6-7,9-11,20H,3-5,8H2,1-2H3. The van der Waals surface area contributed by atoms with Crippen LogP contribution in [0.1, 0.15) is 59.5 Å². The second-order valence-corrected chi connectivity index (χ2v) is 8.77. The van der Waals surface area contributed by atoms with Gasteiger partial charge in [0.15, 0.2) is 5.43 Å². The van der Waals surface area contributed by atoms with Crippen LogP contribution in [0, 0.1) is 6.92 Å². The molecule has 1 amide bonds. The van der Waals surface area contributed by atoms with Crippen LogP contribution in [-0.2, 0) is 0 Å². The number of hydrogen-bond acceptors (Lipinski definition) is 3. The van der Waals surface area contributed by atoms with E-state index in [1.54, 1.807) is 35.2 Å². The Bertz CT molecular complexity index is 1220. The lowest BCUT2D eigenvalue weighted by Crippen LogP contribution is -2.30. The van der Waals surface area contributed by atoms with Gasteiger partial charge in [-0.05, 0) is 48.7 Å². The largest absolute Gasteiger partial charge is 0.450 e. The van der Waals surface area contributed by atoms with E-state index >= 15 is 0 Å². The van der Waals surface area contributed by atoms with Crippen molar-refractivity contribution in [3.63, 3.8) is 0 Å². The summed E-state index contributed by atoms with van der Waals surface area (Å²) in [6, 6.07) is 7.89. The molecule has 2 heterocycles. The first kappa shape index (κ1) is 21.2. The summed E-state index contributed by atoms with van der Waals surface area (Å²) in [5.74, 6) is -0.203. The summed E-state index contributed by atoms with van der Waals surface area (Å²) in [6.07, 6.45) is 2.82. The van der Waals surface area contributed by atoms with Crippen molar-refractivity contribution >= 4 is 51.7 Å². The lowest BCUT2D eigenvalue weighted by atomic mass is 9.98. The molecule has 156 valence electrons. The highest BCUT2D eigenvalue weighted by Crippen LogP contribution is 2.40. The predicted molar refractivity (Wildman–Crippen MR) is 121 cm³/mol. The molecule has 0 fully saturated rings. The molecule has 2 aromatic carbocycles. The van der Waals surface area contributed by atoms with Gasteiger partial charge in [0.1, 0.15) is 5.58 Å². The fraction of sp³-hybridized carbons (Fsp3) is 0.304. The van der Waals surface area contributed by atoms with Crippen LogP contribution in [-0.4, -0.2) is 17.4 Å². The second-order valence-electron chi connectivity index (χ2n) is 7.55. The molecule has 7 heteroatoms. The monoisotopic (exact) mass is 463 g/mol. The van der Waals surface area contributed by atoms with Crippen LogP contribution in [0.2, 0.25) is 15.1 Å². The molecule has 0 radical (unpaired) electrons. The SMILES string of the molecule is CCCCCN1C(=O)c2oc3cc(C)c(Cl)cc3c(=O)c2C1c1ccc(Cl)c(Cl)c1. The van der Waals surface area contributed by atoms with E-state index in [2.05, 4.69) is 6.92 Å². The first-order chi connectivity index (χ1) is 14.3. The van der Waals surface area contributed by atoms with Crippen molar-refractivity contribution in [2.45, 2.75) is 39.2 Å². The Labute approximate surface area is 189 Å². The average Bonchev–Trinajstić information content (AvgIpc) is 2.98. The Morgan fingerprint density at radius 1 is 1.00 bits per heavy atom. The summed E-state index contributed by atoms with van der Waals surface area (Å²) in [4.78, 5) is 28.5. The molecule has 3 aromatic rings. The molecular weight excluding hydrogens is 445 g/mol. The summed E-state index contributed by atoms with van der Waals surface area (Å²) in [5, 5.41) is 1.62. The van der Waals surface area contributed by atoms with E-state index in [9.17, 15) is 9.59 Å². The maximum Gasteiger partial charge on any atom is 0.290 e. The fourth-order valence-electron chi connectivity index (χ4n) is 3.93. The van der Waals surface area contributed by atoms with Gasteiger partial charge in [0.05, 0.1) is 27.0 Å². The number of carbonyl (C=O) groups excluding carboxylic acids is 1. The Morgan fingerprint density at radius 2 is 1.77 bits per heavy atom. The highest BCUT2D eigenvalue weighted by Gasteiger charge is 2.42. The third kappa shape index (κ3) is 3.51. The molecule has 4 rings (SSSR count). The van der Waals surface area contributed by atoms with E-state index in [-0.39, 0.29) is 17.1 Å². The molecule has 0 bridgehead atoms. The molecular formula is C23H20Cl3NO3. The Balaban J connectivity index is 1.95. The Kier molecular flexibility index (Phi) is 5.84. The normalized spacial score (nSPS) is 15.8. The van der Waals surface area contributed by atoms with E-state index in [1.807, 2.05) is 6.92 Å². The quantitative estimate of drug-likeness (QED) is 0.390. The smallest absolute Gasteiger partial charge is 0.290 e. The van der Waals surface area contributed by atoms with E-state index in [0.717, 1.165) is 30.4 Å². The number of hydrogen-bond donors (Lipinski definition) is 0.